The highest BCUT2D eigenvalue weighted by Crippen LogP contribution is 1.99. The minimum Gasteiger partial charge on any atom is -0.351 e. The van der Waals surface area contributed by atoms with Crippen molar-refractivity contribution in [2.45, 2.75) is 19.4 Å². The van der Waals surface area contributed by atoms with Crippen LogP contribution in [0.1, 0.15) is 13.3 Å². The smallest absolute Gasteiger partial charge is 0.234 e. The zero-order chi connectivity index (χ0) is 8.97. The third-order valence-electron chi connectivity index (χ3n) is 1.99. The Morgan fingerprint density at radius 1 is 1.75 bits per heavy atom. The first-order chi connectivity index (χ1) is 5.72. The van der Waals surface area contributed by atoms with Gasteiger partial charge in [-0.3, -0.25) is 9.69 Å². The van der Waals surface area contributed by atoms with Crippen LogP contribution in [0.4, 0.5) is 0 Å². The Labute approximate surface area is 73.1 Å². The summed E-state index contributed by atoms with van der Waals surface area (Å²) < 4.78 is 0. The molecule has 1 saturated heterocycles. The van der Waals surface area contributed by atoms with E-state index in [0.717, 1.165) is 19.5 Å². The highest BCUT2D eigenvalue weighted by atomic mass is 16.2. The van der Waals surface area contributed by atoms with Crippen LogP contribution in [0.25, 0.3) is 0 Å². The van der Waals surface area contributed by atoms with E-state index in [9.17, 15) is 4.79 Å². The molecule has 0 radical (unpaired) electrons. The number of hydrogen-bond donors (Lipinski definition) is 2. The molecule has 0 aliphatic carbocycles. The predicted molar refractivity (Wildman–Crippen MR) is 47.7 cm³/mol. The minimum atomic E-state index is 0.130. The number of carbonyl (C=O) groups is 1. The molecule has 1 amide bonds. The second-order valence-corrected chi connectivity index (χ2v) is 3.35. The quantitative estimate of drug-likeness (QED) is 0.582. The fourth-order valence-electron chi connectivity index (χ4n) is 1.51. The number of hydrogen-bond acceptors (Lipinski definition) is 3. The Balaban J connectivity index is 2.29. The standard InChI is InChI=1S/C8H17N3O/c1-7-5-11(4-2-3-9)6-8(12)10-7/h7H,2-6,9H2,1H3,(H,10,12). The number of nitrogens with zero attached hydrogens (tertiary/aromatic N) is 1. The Kier molecular flexibility index (Phi) is 3.49. The fraction of sp³-hybridized carbons (Fsp3) is 0.875. The lowest BCUT2D eigenvalue weighted by Crippen LogP contribution is -2.53. The fourth-order valence-corrected chi connectivity index (χ4v) is 1.51. The molecular formula is C8H17N3O. The summed E-state index contributed by atoms with van der Waals surface area (Å²) in [6.07, 6.45) is 0.972. The van der Waals surface area contributed by atoms with Crippen molar-refractivity contribution in [3.8, 4) is 0 Å². The molecule has 0 aromatic carbocycles. The van der Waals surface area contributed by atoms with Crippen LogP contribution in [0.2, 0.25) is 0 Å². The van der Waals surface area contributed by atoms with E-state index < -0.39 is 0 Å². The van der Waals surface area contributed by atoms with Gasteiger partial charge in [-0.25, -0.2) is 0 Å². The zero-order valence-electron chi connectivity index (χ0n) is 7.55. The van der Waals surface area contributed by atoms with Crippen molar-refractivity contribution in [3.05, 3.63) is 0 Å². The van der Waals surface area contributed by atoms with Crippen LogP contribution in [0.5, 0.6) is 0 Å². The first-order valence-electron chi connectivity index (χ1n) is 4.44. The van der Waals surface area contributed by atoms with Gasteiger partial charge in [-0.05, 0) is 26.4 Å². The topological polar surface area (TPSA) is 58.4 Å². The van der Waals surface area contributed by atoms with Gasteiger partial charge in [0.05, 0.1) is 6.54 Å². The van der Waals surface area contributed by atoms with E-state index in [-0.39, 0.29) is 11.9 Å². The molecule has 1 heterocycles. The van der Waals surface area contributed by atoms with E-state index in [1.54, 1.807) is 0 Å². The van der Waals surface area contributed by atoms with Crippen LogP contribution in [-0.2, 0) is 4.79 Å². The van der Waals surface area contributed by atoms with E-state index >= 15 is 0 Å². The molecule has 1 rings (SSSR count). The summed E-state index contributed by atoms with van der Waals surface area (Å²) in [7, 11) is 0. The lowest BCUT2D eigenvalue weighted by Gasteiger charge is -2.30. The number of piperazine rings is 1. The van der Waals surface area contributed by atoms with Gasteiger partial charge >= 0.3 is 0 Å². The van der Waals surface area contributed by atoms with Gasteiger partial charge in [0.25, 0.3) is 0 Å². The maximum Gasteiger partial charge on any atom is 0.234 e. The Morgan fingerprint density at radius 2 is 2.50 bits per heavy atom. The van der Waals surface area contributed by atoms with E-state index in [1.807, 2.05) is 6.92 Å². The number of amides is 1. The molecule has 0 bridgehead atoms. The number of nitrogens with one attached hydrogen (secondary N) is 1. The average Bonchev–Trinajstić information content (AvgIpc) is 1.99. The van der Waals surface area contributed by atoms with E-state index in [1.165, 1.54) is 0 Å². The minimum absolute atomic E-state index is 0.130. The van der Waals surface area contributed by atoms with Gasteiger partial charge in [0, 0.05) is 12.6 Å². The van der Waals surface area contributed by atoms with E-state index in [0.29, 0.717) is 13.1 Å². The zero-order valence-corrected chi connectivity index (χ0v) is 7.55. The summed E-state index contributed by atoms with van der Waals surface area (Å²) in [5.74, 6) is 0.130. The highest BCUT2D eigenvalue weighted by molar-refractivity contribution is 5.79. The molecule has 1 unspecified atom stereocenters. The van der Waals surface area contributed by atoms with Crippen molar-refractivity contribution < 1.29 is 4.79 Å². The Bertz CT molecular complexity index is 160. The monoisotopic (exact) mass is 171 g/mol. The van der Waals surface area contributed by atoms with Crippen molar-refractivity contribution >= 4 is 5.91 Å². The molecule has 0 saturated carbocycles. The van der Waals surface area contributed by atoms with Gasteiger partial charge in [0.15, 0.2) is 0 Å². The van der Waals surface area contributed by atoms with Crippen LogP contribution in [0.15, 0.2) is 0 Å². The molecule has 4 heteroatoms. The first-order valence-corrected chi connectivity index (χ1v) is 4.44. The summed E-state index contributed by atoms with van der Waals surface area (Å²) >= 11 is 0. The van der Waals surface area contributed by atoms with Gasteiger partial charge in [0.1, 0.15) is 0 Å². The number of rotatable bonds is 3. The van der Waals surface area contributed by atoms with Gasteiger partial charge in [0.2, 0.25) is 5.91 Å². The largest absolute Gasteiger partial charge is 0.351 e. The maximum absolute atomic E-state index is 11.1. The SMILES string of the molecule is CC1CN(CCCN)CC(=O)N1. The van der Waals surface area contributed by atoms with Crippen LogP contribution in [0, 0.1) is 0 Å². The third-order valence-corrected chi connectivity index (χ3v) is 1.99. The van der Waals surface area contributed by atoms with E-state index in [4.69, 9.17) is 5.73 Å². The van der Waals surface area contributed by atoms with E-state index in [2.05, 4.69) is 10.2 Å². The Hall–Kier alpha value is -0.610. The van der Waals surface area contributed by atoms with Crippen LogP contribution >= 0.6 is 0 Å². The second kappa shape index (κ2) is 4.42. The molecular weight excluding hydrogens is 154 g/mol. The summed E-state index contributed by atoms with van der Waals surface area (Å²) in [4.78, 5) is 13.2. The normalized spacial score (nSPS) is 25.5. The van der Waals surface area contributed by atoms with Crippen molar-refractivity contribution in [2.75, 3.05) is 26.2 Å². The third kappa shape index (κ3) is 2.79. The molecule has 1 atom stereocenters. The second-order valence-electron chi connectivity index (χ2n) is 3.35. The molecule has 1 aliphatic rings. The molecule has 70 valence electrons. The summed E-state index contributed by atoms with van der Waals surface area (Å²) in [5, 5.41) is 2.87. The molecule has 0 aromatic rings. The lowest BCUT2D eigenvalue weighted by molar-refractivity contribution is -0.125. The summed E-state index contributed by atoms with van der Waals surface area (Å²) in [6.45, 7) is 5.14. The van der Waals surface area contributed by atoms with Crippen molar-refractivity contribution in [2.24, 2.45) is 5.73 Å². The molecule has 0 aromatic heterocycles. The van der Waals surface area contributed by atoms with Crippen LogP contribution < -0.4 is 11.1 Å². The lowest BCUT2D eigenvalue weighted by atomic mass is 10.2. The van der Waals surface area contributed by atoms with Crippen molar-refractivity contribution in [1.82, 2.24) is 10.2 Å². The van der Waals surface area contributed by atoms with Gasteiger partial charge in [-0.2, -0.15) is 0 Å². The van der Waals surface area contributed by atoms with Crippen molar-refractivity contribution in [3.63, 3.8) is 0 Å². The molecule has 4 nitrogen and oxygen atoms in total. The summed E-state index contributed by atoms with van der Waals surface area (Å²) in [5.41, 5.74) is 5.39. The molecule has 3 N–H and O–H groups in total. The van der Waals surface area contributed by atoms with Gasteiger partial charge in [-0.1, -0.05) is 0 Å². The summed E-state index contributed by atoms with van der Waals surface area (Å²) in [6, 6.07) is 0.282. The van der Waals surface area contributed by atoms with Crippen LogP contribution in [0.3, 0.4) is 0 Å². The maximum atomic E-state index is 11.1. The Morgan fingerprint density at radius 3 is 3.08 bits per heavy atom. The van der Waals surface area contributed by atoms with Gasteiger partial charge in [-0.15, -0.1) is 0 Å². The molecule has 1 fully saturated rings. The predicted octanol–water partition coefficient (Wildman–Crippen LogP) is -0.844. The van der Waals surface area contributed by atoms with Gasteiger partial charge < -0.3 is 11.1 Å². The highest BCUT2D eigenvalue weighted by Gasteiger charge is 2.20. The molecule has 1 aliphatic heterocycles. The van der Waals surface area contributed by atoms with Crippen LogP contribution in [-0.4, -0.2) is 43.0 Å². The molecule has 0 spiro atoms. The number of nitrogens with two attached hydrogens (primary N) is 1. The van der Waals surface area contributed by atoms with Crippen molar-refractivity contribution in [1.29, 1.82) is 0 Å². The molecule has 12 heavy (non-hydrogen) atoms. The average molecular weight is 171 g/mol. The first kappa shape index (κ1) is 9.48. The number of carbonyl (C=O) groups excluding carboxylic acids is 1.